The minimum absolute atomic E-state index is 0.0101. The molecule has 2 aliphatic rings. The predicted molar refractivity (Wildman–Crippen MR) is 145 cm³/mol. The Balaban J connectivity index is 1.53. The number of nitrogens with one attached hydrogen (secondary N) is 2. The topological polar surface area (TPSA) is 105 Å². The molecule has 2 amide bonds. The molecule has 7 heteroatoms. The Morgan fingerprint density at radius 1 is 0.947 bits per heavy atom. The standard InChI is InChI=1S/C31H38N2O5/c34-22-31(17-9-10-18-31)33-28(35)20-25-15-7-8-16-26(19-23-11-3-1-4-12-23)30(37)38-21-27(32-29(25)36)24-13-5-2-6-14-24/h1-8,11-14,25-27,34H,9-10,15-22H2,(H,32,36)(H,33,35)/t25-,26+,27+/m1/s1. The number of rotatable bonds is 7. The zero-order valence-corrected chi connectivity index (χ0v) is 21.8. The van der Waals surface area contributed by atoms with Crippen molar-refractivity contribution in [3.05, 3.63) is 83.9 Å². The summed E-state index contributed by atoms with van der Waals surface area (Å²) in [6, 6.07) is 18.7. The molecule has 7 nitrogen and oxygen atoms in total. The summed E-state index contributed by atoms with van der Waals surface area (Å²) in [6.45, 7) is -0.0874. The number of aliphatic hydroxyl groups excluding tert-OH is 1. The minimum atomic E-state index is -0.586. The van der Waals surface area contributed by atoms with Crippen LogP contribution in [0.5, 0.6) is 0 Å². The van der Waals surface area contributed by atoms with Gasteiger partial charge in [0.05, 0.1) is 30.0 Å². The molecular weight excluding hydrogens is 480 g/mol. The summed E-state index contributed by atoms with van der Waals surface area (Å²) in [7, 11) is 0. The normalized spacial score (nSPS) is 24.0. The monoisotopic (exact) mass is 518 g/mol. The Morgan fingerprint density at radius 3 is 2.24 bits per heavy atom. The Labute approximate surface area is 224 Å². The van der Waals surface area contributed by atoms with Gasteiger partial charge in [0.25, 0.3) is 0 Å². The van der Waals surface area contributed by atoms with Gasteiger partial charge >= 0.3 is 5.97 Å². The van der Waals surface area contributed by atoms with E-state index in [4.69, 9.17) is 4.74 Å². The van der Waals surface area contributed by atoms with E-state index >= 15 is 0 Å². The number of carbonyl (C=O) groups is 3. The van der Waals surface area contributed by atoms with E-state index < -0.39 is 17.5 Å². The molecule has 1 fully saturated rings. The molecule has 0 radical (unpaired) electrons. The number of esters is 1. The van der Waals surface area contributed by atoms with E-state index in [-0.39, 0.29) is 43.3 Å². The summed E-state index contributed by atoms with van der Waals surface area (Å²) in [5.41, 5.74) is 1.30. The van der Waals surface area contributed by atoms with Crippen LogP contribution in [0.1, 0.15) is 62.1 Å². The average molecular weight is 519 g/mol. The first kappa shape index (κ1) is 27.6. The molecule has 202 valence electrons. The van der Waals surface area contributed by atoms with E-state index in [9.17, 15) is 19.5 Å². The van der Waals surface area contributed by atoms with Gasteiger partial charge in [-0.25, -0.2) is 0 Å². The van der Waals surface area contributed by atoms with Crippen molar-refractivity contribution in [2.75, 3.05) is 13.2 Å². The summed E-state index contributed by atoms with van der Waals surface area (Å²) in [6.07, 6.45) is 8.66. The summed E-state index contributed by atoms with van der Waals surface area (Å²) in [5.74, 6) is -1.73. The van der Waals surface area contributed by atoms with Crippen LogP contribution < -0.4 is 10.6 Å². The fraction of sp³-hybridized carbons (Fsp3) is 0.452. The van der Waals surface area contributed by atoms with E-state index in [1.807, 2.05) is 72.8 Å². The van der Waals surface area contributed by atoms with E-state index in [1.54, 1.807) is 0 Å². The van der Waals surface area contributed by atoms with E-state index in [0.29, 0.717) is 19.3 Å². The van der Waals surface area contributed by atoms with Crippen molar-refractivity contribution in [2.45, 2.75) is 62.9 Å². The van der Waals surface area contributed by atoms with Crippen molar-refractivity contribution >= 4 is 17.8 Å². The Kier molecular flexibility index (Phi) is 9.71. The third-order valence-corrected chi connectivity index (χ3v) is 7.65. The summed E-state index contributed by atoms with van der Waals surface area (Å²) >= 11 is 0. The van der Waals surface area contributed by atoms with Crippen LogP contribution in [0.4, 0.5) is 0 Å². The number of aliphatic hydroxyl groups is 1. The van der Waals surface area contributed by atoms with E-state index in [0.717, 1.165) is 36.8 Å². The van der Waals surface area contributed by atoms with Gasteiger partial charge in [-0.3, -0.25) is 14.4 Å². The van der Waals surface area contributed by atoms with Crippen LogP contribution in [0.2, 0.25) is 0 Å². The highest BCUT2D eigenvalue weighted by atomic mass is 16.5. The zero-order chi connectivity index (χ0) is 26.8. The van der Waals surface area contributed by atoms with Crippen LogP contribution in [-0.2, 0) is 25.5 Å². The van der Waals surface area contributed by atoms with Crippen LogP contribution in [0.15, 0.2) is 72.8 Å². The number of hydrogen-bond acceptors (Lipinski definition) is 5. The lowest BCUT2D eigenvalue weighted by Crippen LogP contribution is -2.50. The lowest BCUT2D eigenvalue weighted by molar-refractivity contribution is -0.150. The first-order valence-electron chi connectivity index (χ1n) is 13.6. The fourth-order valence-electron chi connectivity index (χ4n) is 5.39. The Bertz CT molecular complexity index is 1100. The molecule has 2 aromatic rings. The molecule has 0 unspecified atom stereocenters. The van der Waals surface area contributed by atoms with Gasteiger partial charge in [-0.1, -0.05) is 85.7 Å². The molecule has 3 atom stereocenters. The number of ether oxygens (including phenoxy) is 1. The third-order valence-electron chi connectivity index (χ3n) is 7.65. The molecular formula is C31H38N2O5. The lowest BCUT2D eigenvalue weighted by Gasteiger charge is -2.29. The minimum Gasteiger partial charge on any atom is -0.463 e. The third kappa shape index (κ3) is 7.54. The van der Waals surface area contributed by atoms with Gasteiger partial charge in [0, 0.05) is 6.42 Å². The molecule has 1 saturated carbocycles. The van der Waals surface area contributed by atoms with E-state index in [2.05, 4.69) is 10.6 Å². The molecule has 1 aliphatic heterocycles. The first-order chi connectivity index (χ1) is 18.5. The maximum absolute atomic E-state index is 13.4. The molecule has 1 heterocycles. The van der Waals surface area contributed by atoms with Crippen LogP contribution in [0.25, 0.3) is 0 Å². The van der Waals surface area contributed by atoms with Gasteiger partial charge in [0.15, 0.2) is 0 Å². The van der Waals surface area contributed by atoms with Gasteiger partial charge < -0.3 is 20.5 Å². The largest absolute Gasteiger partial charge is 0.463 e. The highest BCUT2D eigenvalue weighted by Crippen LogP contribution is 2.29. The van der Waals surface area contributed by atoms with Crippen LogP contribution in [0.3, 0.4) is 0 Å². The van der Waals surface area contributed by atoms with Crippen molar-refractivity contribution in [1.82, 2.24) is 10.6 Å². The molecule has 0 bridgehead atoms. The highest BCUT2D eigenvalue weighted by Gasteiger charge is 2.36. The number of allylic oxidation sites excluding steroid dienone is 2. The molecule has 0 saturated heterocycles. The second-order valence-corrected chi connectivity index (χ2v) is 10.5. The smallest absolute Gasteiger partial charge is 0.309 e. The maximum Gasteiger partial charge on any atom is 0.309 e. The van der Waals surface area contributed by atoms with Crippen molar-refractivity contribution < 1.29 is 24.2 Å². The van der Waals surface area contributed by atoms with Gasteiger partial charge in [0.2, 0.25) is 11.8 Å². The predicted octanol–water partition coefficient (Wildman–Crippen LogP) is 4.02. The second kappa shape index (κ2) is 13.4. The SMILES string of the molecule is O=C(C[C@H]1CC=CC[C@@H](Cc2ccccc2)C(=O)OC[C@@H](c2ccccc2)NC1=O)NC1(CO)CCCC1. The summed E-state index contributed by atoms with van der Waals surface area (Å²) < 4.78 is 5.75. The van der Waals surface area contributed by atoms with Gasteiger partial charge in [-0.2, -0.15) is 0 Å². The fourth-order valence-corrected chi connectivity index (χ4v) is 5.39. The van der Waals surface area contributed by atoms with Gasteiger partial charge in [-0.15, -0.1) is 0 Å². The van der Waals surface area contributed by atoms with Crippen molar-refractivity contribution in [1.29, 1.82) is 0 Å². The summed E-state index contributed by atoms with van der Waals surface area (Å²) in [4.78, 5) is 39.5. The number of benzene rings is 2. The molecule has 38 heavy (non-hydrogen) atoms. The van der Waals surface area contributed by atoms with Crippen LogP contribution in [0, 0.1) is 11.8 Å². The lowest BCUT2D eigenvalue weighted by atomic mass is 9.93. The van der Waals surface area contributed by atoms with E-state index in [1.165, 1.54) is 0 Å². The number of carbonyl (C=O) groups excluding carboxylic acids is 3. The van der Waals surface area contributed by atoms with Gasteiger partial charge in [-0.05, 0) is 43.2 Å². The maximum atomic E-state index is 13.4. The molecule has 1 aliphatic carbocycles. The zero-order valence-electron chi connectivity index (χ0n) is 21.8. The highest BCUT2D eigenvalue weighted by molar-refractivity contribution is 5.86. The Morgan fingerprint density at radius 2 is 1.58 bits per heavy atom. The Hall–Kier alpha value is -3.45. The van der Waals surface area contributed by atoms with Crippen LogP contribution >= 0.6 is 0 Å². The van der Waals surface area contributed by atoms with Gasteiger partial charge in [0.1, 0.15) is 6.61 Å². The quantitative estimate of drug-likeness (QED) is 0.379. The molecule has 0 spiro atoms. The number of amides is 2. The number of cyclic esters (lactones) is 1. The van der Waals surface area contributed by atoms with Crippen molar-refractivity contribution in [3.63, 3.8) is 0 Å². The van der Waals surface area contributed by atoms with Crippen LogP contribution in [-0.4, -0.2) is 41.6 Å². The van der Waals surface area contributed by atoms with Crippen molar-refractivity contribution in [3.8, 4) is 0 Å². The molecule has 0 aromatic heterocycles. The van der Waals surface area contributed by atoms with Crippen molar-refractivity contribution in [2.24, 2.45) is 11.8 Å². The molecule has 4 rings (SSSR count). The molecule has 2 aromatic carbocycles. The second-order valence-electron chi connectivity index (χ2n) is 10.5. The number of hydrogen-bond donors (Lipinski definition) is 3. The molecule has 3 N–H and O–H groups in total. The summed E-state index contributed by atoms with van der Waals surface area (Å²) in [5, 5.41) is 15.9. The average Bonchev–Trinajstić information content (AvgIpc) is 3.40. The first-order valence-corrected chi connectivity index (χ1v) is 13.6.